The van der Waals surface area contributed by atoms with E-state index in [9.17, 15) is 0 Å². The molecule has 0 spiro atoms. The zero-order chi connectivity index (χ0) is 13.1. The lowest BCUT2D eigenvalue weighted by molar-refractivity contribution is 0.242. The van der Waals surface area contributed by atoms with E-state index in [4.69, 9.17) is 32.4 Å². The van der Waals surface area contributed by atoms with Crippen LogP contribution in [0, 0.1) is 0 Å². The molecule has 2 rings (SSSR count). The van der Waals surface area contributed by atoms with Crippen molar-refractivity contribution in [2.45, 2.75) is 25.3 Å². The van der Waals surface area contributed by atoms with Gasteiger partial charge in [-0.2, -0.15) is 0 Å². The maximum absolute atomic E-state index is 6.31. The van der Waals surface area contributed by atoms with Crippen molar-refractivity contribution in [2.75, 3.05) is 0 Å². The number of benzene rings is 1. The number of hydrogen-bond donors (Lipinski definition) is 0. The van der Waals surface area contributed by atoms with Crippen LogP contribution in [0.2, 0.25) is 5.22 Å². The Balaban J connectivity index is 2.14. The summed E-state index contributed by atoms with van der Waals surface area (Å²) in [5.74, 6) is 1.47. The van der Waals surface area contributed by atoms with Crippen molar-refractivity contribution < 1.29 is 9.15 Å². The van der Waals surface area contributed by atoms with E-state index in [2.05, 4.69) is 0 Å². The van der Waals surface area contributed by atoms with Crippen molar-refractivity contribution in [3.8, 4) is 5.75 Å². The molecule has 0 N–H and O–H groups in total. The van der Waals surface area contributed by atoms with Gasteiger partial charge in [0, 0.05) is 0 Å². The van der Waals surface area contributed by atoms with Crippen molar-refractivity contribution in [1.29, 1.82) is 0 Å². The first-order chi connectivity index (χ1) is 8.56. The van der Waals surface area contributed by atoms with E-state index in [0.717, 1.165) is 11.3 Å². The van der Waals surface area contributed by atoms with Gasteiger partial charge in [0.05, 0.1) is 6.10 Å². The van der Waals surface area contributed by atoms with Gasteiger partial charge < -0.3 is 9.15 Å². The molecule has 0 saturated carbocycles. The molecule has 96 valence electrons. The smallest absolute Gasteiger partial charge is 0.193 e. The molecule has 0 aliphatic carbocycles. The molecule has 0 aliphatic rings. The third kappa shape index (κ3) is 3.21. The minimum Gasteiger partial charge on any atom is -0.491 e. The normalized spacial score (nSPS) is 12.7. The van der Waals surface area contributed by atoms with Gasteiger partial charge in [0.1, 0.15) is 16.9 Å². The van der Waals surface area contributed by atoms with Crippen LogP contribution in [0.5, 0.6) is 5.75 Å². The summed E-state index contributed by atoms with van der Waals surface area (Å²) in [5, 5.41) is 0.000936. The van der Waals surface area contributed by atoms with E-state index in [1.807, 2.05) is 38.1 Å². The second kappa shape index (κ2) is 5.68. The van der Waals surface area contributed by atoms with Crippen LogP contribution in [0.1, 0.15) is 30.5 Å². The molecule has 1 atom stereocenters. The number of furan rings is 1. The summed E-state index contributed by atoms with van der Waals surface area (Å²) in [7, 11) is 0. The highest BCUT2D eigenvalue weighted by Crippen LogP contribution is 2.32. The van der Waals surface area contributed by atoms with Crippen LogP contribution in [0.4, 0.5) is 0 Å². The van der Waals surface area contributed by atoms with Crippen LogP contribution in [-0.2, 0) is 0 Å². The number of halogens is 2. The van der Waals surface area contributed by atoms with Crippen LogP contribution < -0.4 is 4.74 Å². The van der Waals surface area contributed by atoms with E-state index >= 15 is 0 Å². The minimum absolute atomic E-state index is 0.159. The molecule has 1 aromatic carbocycles. The Labute approximate surface area is 116 Å². The molecule has 1 aromatic heterocycles. The summed E-state index contributed by atoms with van der Waals surface area (Å²) in [6.45, 7) is 3.98. The van der Waals surface area contributed by atoms with E-state index in [-0.39, 0.29) is 11.5 Å². The van der Waals surface area contributed by atoms with Crippen molar-refractivity contribution in [2.24, 2.45) is 0 Å². The molecule has 0 saturated heterocycles. The number of rotatable bonds is 4. The van der Waals surface area contributed by atoms with Gasteiger partial charge in [-0.15, -0.1) is 11.6 Å². The fraction of sp³-hybridized carbons (Fsp3) is 0.286. The summed E-state index contributed by atoms with van der Waals surface area (Å²) in [5.41, 5.74) is 0.943. The Bertz CT molecular complexity index is 503. The van der Waals surface area contributed by atoms with Gasteiger partial charge in [0.15, 0.2) is 5.22 Å². The lowest BCUT2D eigenvalue weighted by Gasteiger charge is -2.11. The zero-order valence-corrected chi connectivity index (χ0v) is 11.7. The predicted octanol–water partition coefficient (Wildman–Crippen LogP) is 5.05. The second-order valence-corrected chi connectivity index (χ2v) is 5.05. The molecule has 4 heteroatoms. The summed E-state index contributed by atoms with van der Waals surface area (Å²) in [4.78, 5) is 0. The first kappa shape index (κ1) is 13.3. The lowest BCUT2D eigenvalue weighted by Crippen LogP contribution is -2.05. The monoisotopic (exact) mass is 284 g/mol. The molecule has 2 nitrogen and oxygen atoms in total. The van der Waals surface area contributed by atoms with Crippen molar-refractivity contribution >= 4 is 23.2 Å². The Morgan fingerprint density at radius 1 is 1.06 bits per heavy atom. The SMILES string of the molecule is CC(C)Oc1ccc(C(Cl)c2ccc(Cl)o2)cc1. The first-order valence-electron chi connectivity index (χ1n) is 5.72. The van der Waals surface area contributed by atoms with E-state index < -0.39 is 0 Å². The van der Waals surface area contributed by atoms with Gasteiger partial charge in [-0.3, -0.25) is 0 Å². The van der Waals surface area contributed by atoms with Crippen LogP contribution in [0.3, 0.4) is 0 Å². The standard InChI is InChI=1S/C14H14Cl2O2/c1-9(2)17-11-5-3-10(4-6-11)14(16)12-7-8-13(15)18-12/h3-9,14H,1-2H3. The van der Waals surface area contributed by atoms with E-state index in [1.54, 1.807) is 12.1 Å². The highest BCUT2D eigenvalue weighted by molar-refractivity contribution is 6.29. The predicted molar refractivity (Wildman–Crippen MR) is 73.6 cm³/mol. The largest absolute Gasteiger partial charge is 0.491 e. The molecular weight excluding hydrogens is 271 g/mol. The van der Waals surface area contributed by atoms with Crippen LogP contribution in [0.15, 0.2) is 40.8 Å². The summed E-state index contributed by atoms with van der Waals surface area (Å²) >= 11 is 12.0. The van der Waals surface area contributed by atoms with Gasteiger partial charge in [0.25, 0.3) is 0 Å². The highest BCUT2D eigenvalue weighted by Gasteiger charge is 2.14. The fourth-order valence-corrected chi connectivity index (χ4v) is 2.03. The molecule has 18 heavy (non-hydrogen) atoms. The van der Waals surface area contributed by atoms with Crippen molar-refractivity contribution in [3.63, 3.8) is 0 Å². The lowest BCUT2D eigenvalue weighted by atomic mass is 10.1. The maximum atomic E-state index is 6.31. The van der Waals surface area contributed by atoms with Gasteiger partial charge in [-0.25, -0.2) is 0 Å². The first-order valence-corrected chi connectivity index (χ1v) is 6.53. The summed E-state index contributed by atoms with van der Waals surface area (Å²) in [6, 6.07) is 11.1. The second-order valence-electron chi connectivity index (χ2n) is 4.24. The van der Waals surface area contributed by atoms with Gasteiger partial charge >= 0.3 is 0 Å². The van der Waals surface area contributed by atoms with Crippen molar-refractivity contribution in [3.05, 3.63) is 52.9 Å². The quantitative estimate of drug-likeness (QED) is 0.733. The Kier molecular flexibility index (Phi) is 4.20. The van der Waals surface area contributed by atoms with Gasteiger partial charge in [-0.05, 0) is 55.3 Å². The van der Waals surface area contributed by atoms with E-state index in [1.165, 1.54) is 0 Å². The molecule has 1 heterocycles. The number of ether oxygens (including phenoxy) is 1. The Morgan fingerprint density at radius 3 is 2.22 bits per heavy atom. The molecule has 0 aliphatic heterocycles. The van der Waals surface area contributed by atoms with Crippen LogP contribution >= 0.6 is 23.2 Å². The highest BCUT2D eigenvalue weighted by atomic mass is 35.5. The molecule has 0 amide bonds. The zero-order valence-electron chi connectivity index (χ0n) is 10.2. The molecule has 0 bridgehead atoms. The maximum Gasteiger partial charge on any atom is 0.193 e. The molecule has 2 aromatic rings. The number of hydrogen-bond acceptors (Lipinski definition) is 2. The topological polar surface area (TPSA) is 22.4 Å². The van der Waals surface area contributed by atoms with Gasteiger partial charge in [0.2, 0.25) is 0 Å². The summed E-state index contributed by atoms with van der Waals surface area (Å²) in [6.07, 6.45) is 0.159. The summed E-state index contributed by atoms with van der Waals surface area (Å²) < 4.78 is 10.9. The third-order valence-electron chi connectivity index (χ3n) is 2.39. The average molecular weight is 285 g/mol. The molecule has 0 radical (unpaired) electrons. The van der Waals surface area contributed by atoms with Crippen LogP contribution in [0.25, 0.3) is 0 Å². The third-order valence-corrected chi connectivity index (χ3v) is 3.06. The molecule has 0 fully saturated rings. The van der Waals surface area contributed by atoms with Crippen LogP contribution in [-0.4, -0.2) is 6.10 Å². The average Bonchev–Trinajstić information content (AvgIpc) is 2.75. The van der Waals surface area contributed by atoms with Crippen molar-refractivity contribution in [1.82, 2.24) is 0 Å². The Morgan fingerprint density at radius 2 is 1.72 bits per heavy atom. The fourth-order valence-electron chi connectivity index (χ4n) is 1.62. The molecule has 1 unspecified atom stereocenters. The minimum atomic E-state index is -0.342. The number of alkyl halides is 1. The molecular formula is C14H14Cl2O2. The van der Waals surface area contributed by atoms with E-state index in [0.29, 0.717) is 11.0 Å². The van der Waals surface area contributed by atoms with Gasteiger partial charge in [-0.1, -0.05) is 12.1 Å². The Hall–Kier alpha value is -1.12.